The van der Waals surface area contributed by atoms with E-state index < -0.39 is 0 Å². The standard InChI is InChI=1S/C17H13FN2/c18-15-8-4-3-7-14(15)16-11-12-5-1-2-6-13(12)17-19-9-10-20(16)17/h1-8,11H,9-10H2/p+1. The molecule has 1 aromatic heterocycles. The number of benzene rings is 2. The Morgan fingerprint density at radius 1 is 1.00 bits per heavy atom. The first-order valence-electron chi connectivity index (χ1n) is 6.79. The topological polar surface area (TPSA) is 15.9 Å². The van der Waals surface area contributed by atoms with Gasteiger partial charge < -0.3 is 0 Å². The minimum Gasteiger partial charge on any atom is -0.270 e. The molecular weight excluding hydrogens is 251 g/mol. The molecule has 0 amide bonds. The summed E-state index contributed by atoms with van der Waals surface area (Å²) in [5, 5.41) is 5.73. The molecule has 20 heavy (non-hydrogen) atoms. The maximum Gasteiger partial charge on any atom is 0.283 e. The van der Waals surface area contributed by atoms with E-state index in [1.165, 1.54) is 11.5 Å². The quantitative estimate of drug-likeness (QED) is 0.667. The van der Waals surface area contributed by atoms with Gasteiger partial charge in [-0.1, -0.05) is 30.3 Å². The molecule has 0 saturated heterocycles. The molecule has 98 valence electrons. The minimum atomic E-state index is -0.176. The summed E-state index contributed by atoms with van der Waals surface area (Å²) in [5.41, 5.74) is 1.59. The fourth-order valence-electron chi connectivity index (χ4n) is 2.93. The summed E-state index contributed by atoms with van der Waals surface area (Å²) in [6.45, 7) is 1.75. The van der Waals surface area contributed by atoms with E-state index >= 15 is 0 Å². The highest BCUT2D eigenvalue weighted by molar-refractivity contribution is 5.92. The highest BCUT2D eigenvalue weighted by atomic mass is 19.1. The highest BCUT2D eigenvalue weighted by Crippen LogP contribution is 2.29. The number of halogens is 1. The van der Waals surface area contributed by atoms with Crippen LogP contribution in [0.4, 0.5) is 10.2 Å². The molecule has 1 aliphatic rings. The zero-order valence-corrected chi connectivity index (χ0v) is 10.9. The van der Waals surface area contributed by atoms with Crippen molar-refractivity contribution < 1.29 is 8.96 Å². The van der Waals surface area contributed by atoms with Crippen molar-refractivity contribution in [3.63, 3.8) is 0 Å². The molecule has 0 spiro atoms. The monoisotopic (exact) mass is 265 g/mol. The Kier molecular flexibility index (Phi) is 2.46. The van der Waals surface area contributed by atoms with Crippen molar-refractivity contribution in [1.82, 2.24) is 0 Å². The number of hydrogen-bond donors (Lipinski definition) is 1. The summed E-state index contributed by atoms with van der Waals surface area (Å²) in [7, 11) is 0. The molecule has 3 heteroatoms. The molecule has 1 aliphatic heterocycles. The molecule has 2 heterocycles. The summed E-state index contributed by atoms with van der Waals surface area (Å²) in [5.74, 6) is 0.908. The number of nitrogens with one attached hydrogen (secondary N) is 1. The zero-order valence-electron chi connectivity index (χ0n) is 10.9. The summed E-state index contributed by atoms with van der Waals surface area (Å²) in [6.07, 6.45) is 0. The molecule has 1 N–H and O–H groups in total. The van der Waals surface area contributed by atoms with Crippen LogP contribution in [0.2, 0.25) is 0 Å². The molecule has 0 aliphatic carbocycles. The van der Waals surface area contributed by atoms with Gasteiger partial charge in [-0.3, -0.25) is 5.32 Å². The molecule has 0 atom stereocenters. The first-order chi connectivity index (χ1) is 9.84. The Morgan fingerprint density at radius 3 is 2.70 bits per heavy atom. The fourth-order valence-corrected chi connectivity index (χ4v) is 2.93. The van der Waals surface area contributed by atoms with Crippen LogP contribution in [0.25, 0.3) is 22.0 Å². The van der Waals surface area contributed by atoms with Crippen LogP contribution < -0.4 is 9.88 Å². The molecular formula is C17H14FN2+. The normalized spacial score (nSPS) is 13.2. The largest absolute Gasteiger partial charge is 0.283 e. The lowest BCUT2D eigenvalue weighted by Gasteiger charge is -2.09. The van der Waals surface area contributed by atoms with E-state index in [2.05, 4.69) is 28.1 Å². The van der Waals surface area contributed by atoms with Crippen LogP contribution >= 0.6 is 0 Å². The zero-order chi connectivity index (χ0) is 13.5. The molecule has 2 nitrogen and oxygen atoms in total. The number of rotatable bonds is 1. The summed E-state index contributed by atoms with van der Waals surface area (Å²) < 4.78 is 16.3. The van der Waals surface area contributed by atoms with Crippen LogP contribution in [0.5, 0.6) is 0 Å². The van der Waals surface area contributed by atoms with Crippen molar-refractivity contribution in [3.05, 3.63) is 60.4 Å². The Bertz CT molecular complexity index is 811. The Morgan fingerprint density at radius 2 is 1.80 bits per heavy atom. The van der Waals surface area contributed by atoms with Crippen LogP contribution in [-0.4, -0.2) is 6.54 Å². The average Bonchev–Trinajstić information content (AvgIpc) is 2.97. The lowest BCUT2D eigenvalue weighted by molar-refractivity contribution is -0.658. The smallest absolute Gasteiger partial charge is 0.270 e. The summed E-state index contributed by atoms with van der Waals surface area (Å²) in [4.78, 5) is 0. The van der Waals surface area contributed by atoms with Gasteiger partial charge in [0, 0.05) is 0 Å². The van der Waals surface area contributed by atoms with Gasteiger partial charge in [0.1, 0.15) is 24.6 Å². The molecule has 3 aromatic rings. The van der Waals surface area contributed by atoms with Crippen molar-refractivity contribution in [2.45, 2.75) is 6.54 Å². The summed E-state index contributed by atoms with van der Waals surface area (Å²) in [6, 6.07) is 17.2. The van der Waals surface area contributed by atoms with Crippen LogP contribution in [0.1, 0.15) is 0 Å². The van der Waals surface area contributed by atoms with E-state index in [-0.39, 0.29) is 5.82 Å². The lowest BCUT2D eigenvalue weighted by Crippen LogP contribution is -2.34. The van der Waals surface area contributed by atoms with E-state index in [1.54, 1.807) is 6.07 Å². The van der Waals surface area contributed by atoms with Crippen molar-refractivity contribution in [3.8, 4) is 11.3 Å². The van der Waals surface area contributed by atoms with Crippen molar-refractivity contribution >= 4 is 16.6 Å². The van der Waals surface area contributed by atoms with Gasteiger partial charge in [0.25, 0.3) is 5.82 Å². The van der Waals surface area contributed by atoms with Crippen LogP contribution in [-0.2, 0) is 6.54 Å². The van der Waals surface area contributed by atoms with Gasteiger partial charge in [-0.2, -0.15) is 0 Å². The van der Waals surface area contributed by atoms with E-state index in [0.717, 1.165) is 30.0 Å². The second kappa shape index (κ2) is 4.30. The molecule has 0 saturated carbocycles. The number of anilines is 1. The molecule has 4 rings (SSSR count). The number of pyridine rings is 1. The SMILES string of the molecule is Fc1ccccc1-c1cc2ccccc2c2[n+]1CCN2. The van der Waals surface area contributed by atoms with Crippen molar-refractivity contribution in [1.29, 1.82) is 0 Å². The average molecular weight is 265 g/mol. The number of nitrogens with zero attached hydrogens (tertiary/aromatic N) is 1. The van der Waals surface area contributed by atoms with E-state index in [0.29, 0.717) is 5.56 Å². The fraction of sp³-hybridized carbons (Fsp3) is 0.118. The van der Waals surface area contributed by atoms with Gasteiger partial charge in [-0.25, -0.2) is 8.96 Å². The van der Waals surface area contributed by atoms with Crippen LogP contribution in [0.3, 0.4) is 0 Å². The molecule has 0 radical (unpaired) electrons. The maximum absolute atomic E-state index is 14.1. The molecule has 0 bridgehead atoms. The van der Waals surface area contributed by atoms with Crippen LogP contribution in [0.15, 0.2) is 54.6 Å². The third-order valence-corrected chi connectivity index (χ3v) is 3.85. The lowest BCUT2D eigenvalue weighted by atomic mass is 10.1. The maximum atomic E-state index is 14.1. The third-order valence-electron chi connectivity index (χ3n) is 3.85. The van der Waals surface area contributed by atoms with E-state index in [9.17, 15) is 4.39 Å². The second-order valence-corrected chi connectivity index (χ2v) is 5.02. The second-order valence-electron chi connectivity index (χ2n) is 5.02. The Balaban J connectivity index is 2.08. The minimum absolute atomic E-state index is 0.176. The molecule has 2 aromatic carbocycles. The first kappa shape index (κ1) is 11.4. The van der Waals surface area contributed by atoms with Crippen LogP contribution in [0, 0.1) is 5.82 Å². The van der Waals surface area contributed by atoms with Gasteiger partial charge >= 0.3 is 0 Å². The number of aromatic nitrogens is 1. The predicted molar refractivity (Wildman–Crippen MR) is 78.0 cm³/mol. The van der Waals surface area contributed by atoms with Gasteiger partial charge in [-0.05, 0) is 29.7 Å². The van der Waals surface area contributed by atoms with E-state index in [1.807, 2.05) is 24.3 Å². The predicted octanol–water partition coefficient (Wildman–Crippen LogP) is 3.36. The van der Waals surface area contributed by atoms with E-state index in [4.69, 9.17) is 0 Å². The number of hydrogen-bond acceptors (Lipinski definition) is 1. The Labute approximate surface area is 116 Å². The van der Waals surface area contributed by atoms with Crippen molar-refractivity contribution in [2.24, 2.45) is 0 Å². The first-order valence-corrected chi connectivity index (χ1v) is 6.79. The van der Waals surface area contributed by atoms with Crippen molar-refractivity contribution in [2.75, 3.05) is 11.9 Å². The third kappa shape index (κ3) is 1.59. The highest BCUT2D eigenvalue weighted by Gasteiger charge is 2.25. The number of fused-ring (bicyclic) bond motifs is 3. The van der Waals surface area contributed by atoms with Gasteiger partial charge in [0.2, 0.25) is 0 Å². The molecule has 0 unspecified atom stereocenters. The van der Waals surface area contributed by atoms with Gasteiger partial charge in [-0.15, -0.1) is 0 Å². The van der Waals surface area contributed by atoms with Gasteiger partial charge in [0.05, 0.1) is 10.9 Å². The molecule has 0 fully saturated rings. The van der Waals surface area contributed by atoms with Gasteiger partial charge in [0.15, 0.2) is 0 Å². The Hall–Kier alpha value is -2.42. The summed E-state index contributed by atoms with van der Waals surface area (Å²) >= 11 is 0.